The Morgan fingerprint density at radius 3 is 2.20 bits per heavy atom. The van der Waals surface area contributed by atoms with Gasteiger partial charge in [0.15, 0.2) is 5.58 Å². The molecule has 0 aliphatic heterocycles. The van der Waals surface area contributed by atoms with Crippen LogP contribution in [-0.4, -0.2) is 10.2 Å². The van der Waals surface area contributed by atoms with Crippen molar-refractivity contribution in [3.8, 4) is 22.8 Å². The number of hydrogen-bond acceptors (Lipinski definition) is 7. The average Bonchev–Trinajstić information content (AvgIpc) is 3.11. The molecular weight excluding hydrogens is 412 g/mol. The zero-order valence-electron chi connectivity index (χ0n) is 15.7. The molecule has 0 bridgehead atoms. The lowest BCUT2D eigenvalue weighted by molar-refractivity contribution is 0.467. The summed E-state index contributed by atoms with van der Waals surface area (Å²) in [7, 11) is 0. The maximum absolute atomic E-state index is 12.6. The summed E-state index contributed by atoms with van der Waals surface area (Å²) < 4.78 is 16.4. The summed E-state index contributed by atoms with van der Waals surface area (Å²) in [6.45, 7) is 3.41. The van der Waals surface area contributed by atoms with E-state index >= 15 is 0 Å². The number of halogens is 1. The van der Waals surface area contributed by atoms with Crippen molar-refractivity contribution >= 4 is 44.5 Å². The van der Waals surface area contributed by atoms with Gasteiger partial charge in [0.25, 0.3) is 0 Å². The molecule has 150 valence electrons. The first kappa shape index (κ1) is 18.3. The van der Waals surface area contributed by atoms with Crippen LogP contribution in [0.25, 0.3) is 44.2 Å². The van der Waals surface area contributed by atoms with Crippen molar-refractivity contribution in [1.82, 2.24) is 0 Å². The molecule has 7 nitrogen and oxygen atoms in total. The standard InChI is InChI=1S/C22H13ClO7/c1-8-3-15-10(5-13(8)23)19(25)18(22(27)30-15)17-7-12-20(28-17)11-6-14(24)9(2)4-16(11)29-21(12)26/h3-7,24-25H,1-2H3. The van der Waals surface area contributed by atoms with Crippen LogP contribution in [0.15, 0.2) is 53.2 Å². The predicted molar refractivity (Wildman–Crippen MR) is 112 cm³/mol. The molecule has 0 saturated heterocycles. The molecule has 0 saturated carbocycles. The zero-order valence-corrected chi connectivity index (χ0v) is 16.5. The molecule has 2 N–H and O–H groups in total. The predicted octanol–water partition coefficient (Wildman–Crippen LogP) is 4.99. The van der Waals surface area contributed by atoms with Gasteiger partial charge in [0.1, 0.15) is 39.4 Å². The third kappa shape index (κ3) is 2.52. The highest BCUT2D eigenvalue weighted by molar-refractivity contribution is 6.32. The van der Waals surface area contributed by atoms with Gasteiger partial charge >= 0.3 is 11.3 Å². The van der Waals surface area contributed by atoms with Crippen LogP contribution in [0.2, 0.25) is 5.02 Å². The summed E-state index contributed by atoms with van der Waals surface area (Å²) in [5.41, 5.74) is -0.0477. The number of hydrogen-bond donors (Lipinski definition) is 2. The minimum Gasteiger partial charge on any atom is -0.508 e. The Bertz CT molecular complexity index is 1640. The molecule has 0 spiro atoms. The monoisotopic (exact) mass is 424 g/mol. The Kier molecular flexibility index (Phi) is 3.75. The normalized spacial score (nSPS) is 11.7. The van der Waals surface area contributed by atoms with Gasteiger partial charge < -0.3 is 23.5 Å². The van der Waals surface area contributed by atoms with E-state index in [1.165, 1.54) is 24.3 Å². The summed E-state index contributed by atoms with van der Waals surface area (Å²) in [4.78, 5) is 25.0. The number of rotatable bonds is 1. The highest BCUT2D eigenvalue weighted by Crippen LogP contribution is 2.39. The summed E-state index contributed by atoms with van der Waals surface area (Å²) >= 11 is 6.14. The molecule has 0 amide bonds. The Balaban J connectivity index is 1.87. The highest BCUT2D eigenvalue weighted by Gasteiger charge is 2.23. The lowest BCUT2D eigenvalue weighted by atomic mass is 10.1. The van der Waals surface area contributed by atoms with Crippen LogP contribution in [0.4, 0.5) is 0 Å². The number of aryl methyl sites for hydroxylation is 2. The molecule has 0 aliphatic carbocycles. The fraction of sp³-hybridized carbons (Fsp3) is 0.0909. The van der Waals surface area contributed by atoms with E-state index < -0.39 is 11.3 Å². The van der Waals surface area contributed by atoms with E-state index in [-0.39, 0.29) is 50.3 Å². The van der Waals surface area contributed by atoms with Crippen LogP contribution in [0.5, 0.6) is 11.5 Å². The SMILES string of the molecule is Cc1cc2oc(=O)c3cc(-c4c(O)c5cc(Cl)c(C)cc5oc4=O)oc3c2cc1O. The maximum atomic E-state index is 12.6. The van der Waals surface area contributed by atoms with Gasteiger partial charge in [-0.15, -0.1) is 0 Å². The molecule has 0 unspecified atom stereocenters. The molecule has 3 heterocycles. The molecule has 2 aromatic carbocycles. The lowest BCUT2D eigenvalue weighted by Crippen LogP contribution is -2.03. The Morgan fingerprint density at radius 2 is 1.43 bits per heavy atom. The van der Waals surface area contributed by atoms with Crippen molar-refractivity contribution in [3.63, 3.8) is 0 Å². The van der Waals surface area contributed by atoms with Gasteiger partial charge in [-0.05, 0) is 49.2 Å². The van der Waals surface area contributed by atoms with Crippen LogP contribution < -0.4 is 11.3 Å². The molecule has 8 heteroatoms. The summed E-state index contributed by atoms with van der Waals surface area (Å²) in [5, 5.41) is 21.8. The molecule has 3 aromatic heterocycles. The van der Waals surface area contributed by atoms with Gasteiger partial charge in [-0.2, -0.15) is 0 Å². The quantitative estimate of drug-likeness (QED) is 0.364. The number of furan rings is 1. The molecule has 0 radical (unpaired) electrons. The van der Waals surface area contributed by atoms with Crippen LogP contribution in [0.3, 0.4) is 0 Å². The molecule has 0 atom stereocenters. The van der Waals surface area contributed by atoms with E-state index in [0.717, 1.165) is 0 Å². The first-order valence-electron chi connectivity index (χ1n) is 8.91. The van der Waals surface area contributed by atoms with E-state index in [0.29, 0.717) is 21.5 Å². The Labute approximate surface area is 172 Å². The minimum absolute atomic E-state index is 0.00585. The van der Waals surface area contributed by atoms with Crippen molar-refractivity contribution in [1.29, 1.82) is 0 Å². The zero-order chi connectivity index (χ0) is 21.3. The average molecular weight is 425 g/mol. The molecule has 5 aromatic rings. The minimum atomic E-state index is -0.840. The van der Waals surface area contributed by atoms with Gasteiger partial charge in [0.2, 0.25) is 0 Å². The lowest BCUT2D eigenvalue weighted by Gasteiger charge is -2.06. The van der Waals surface area contributed by atoms with Crippen LogP contribution in [0, 0.1) is 13.8 Å². The van der Waals surface area contributed by atoms with Gasteiger partial charge in [-0.1, -0.05) is 11.6 Å². The van der Waals surface area contributed by atoms with E-state index in [2.05, 4.69) is 0 Å². The molecule has 0 aliphatic rings. The van der Waals surface area contributed by atoms with Gasteiger partial charge in [0.05, 0.1) is 10.8 Å². The second-order valence-corrected chi connectivity index (χ2v) is 7.50. The second-order valence-electron chi connectivity index (χ2n) is 7.09. The highest BCUT2D eigenvalue weighted by atomic mass is 35.5. The van der Waals surface area contributed by atoms with E-state index in [9.17, 15) is 19.8 Å². The summed E-state index contributed by atoms with van der Waals surface area (Å²) in [6, 6.07) is 7.26. The van der Waals surface area contributed by atoms with Crippen LogP contribution in [-0.2, 0) is 0 Å². The number of aromatic hydroxyl groups is 2. The van der Waals surface area contributed by atoms with Crippen molar-refractivity contribution in [3.05, 3.63) is 67.3 Å². The second kappa shape index (κ2) is 6.14. The fourth-order valence-electron chi connectivity index (χ4n) is 3.48. The van der Waals surface area contributed by atoms with Crippen LogP contribution >= 0.6 is 11.6 Å². The smallest absolute Gasteiger partial charge is 0.351 e. The molecule has 0 fully saturated rings. The number of phenols is 1. The Hall–Kier alpha value is -3.71. The number of benzene rings is 2. The van der Waals surface area contributed by atoms with Crippen molar-refractivity contribution in [2.45, 2.75) is 13.8 Å². The number of phenolic OH excluding ortho intramolecular Hbond substituents is 1. The third-order valence-corrected chi connectivity index (χ3v) is 5.51. The first-order valence-corrected chi connectivity index (χ1v) is 9.28. The molecular formula is C22H13ClO7. The molecule has 5 rings (SSSR count). The van der Waals surface area contributed by atoms with Gasteiger partial charge in [0, 0.05) is 11.1 Å². The topological polar surface area (TPSA) is 114 Å². The van der Waals surface area contributed by atoms with Gasteiger partial charge in [-0.25, -0.2) is 9.59 Å². The van der Waals surface area contributed by atoms with Crippen LogP contribution in [0.1, 0.15) is 11.1 Å². The van der Waals surface area contributed by atoms with Crippen molar-refractivity contribution < 1.29 is 23.5 Å². The molecule has 30 heavy (non-hydrogen) atoms. The van der Waals surface area contributed by atoms with Crippen molar-refractivity contribution in [2.75, 3.05) is 0 Å². The largest absolute Gasteiger partial charge is 0.508 e. The number of fused-ring (bicyclic) bond motifs is 4. The third-order valence-electron chi connectivity index (χ3n) is 5.10. The first-order chi connectivity index (χ1) is 14.2. The van der Waals surface area contributed by atoms with Crippen molar-refractivity contribution in [2.24, 2.45) is 0 Å². The summed E-state index contributed by atoms with van der Waals surface area (Å²) in [6.07, 6.45) is 0. The maximum Gasteiger partial charge on any atom is 0.351 e. The fourth-order valence-corrected chi connectivity index (χ4v) is 3.64. The van der Waals surface area contributed by atoms with E-state index in [1.807, 2.05) is 0 Å². The van der Waals surface area contributed by atoms with E-state index in [4.69, 9.17) is 24.9 Å². The van der Waals surface area contributed by atoms with Gasteiger partial charge in [-0.3, -0.25) is 0 Å². The van der Waals surface area contributed by atoms with E-state index in [1.54, 1.807) is 19.9 Å². The summed E-state index contributed by atoms with van der Waals surface area (Å²) in [5.74, 6) is -0.460. The Morgan fingerprint density at radius 1 is 0.767 bits per heavy atom.